The minimum Gasteiger partial charge on any atom is -0.373 e. The van der Waals surface area contributed by atoms with Gasteiger partial charge >= 0.3 is 0 Å². The highest BCUT2D eigenvalue weighted by Crippen LogP contribution is 2.53. The molecule has 5 heteroatoms. The maximum atomic E-state index is 5.59. The van der Waals surface area contributed by atoms with E-state index in [9.17, 15) is 0 Å². The Morgan fingerprint density at radius 1 is 0.593 bits per heavy atom. The monoisotopic (exact) mass is 757 g/mol. The SMILES string of the molecule is CNC(=NC(=NCc1cccc(-c2ccccc2)c1)N1c2c(cc3c4ccccc4n4c5ccccc5c2c34)C2C=CC=CC21)c1ccc2cc3ccccc3cc2c1. The largest absolute Gasteiger partial charge is 0.373 e. The number of benzene rings is 8. The van der Waals surface area contributed by atoms with Gasteiger partial charge in [-0.3, -0.25) is 0 Å². The average Bonchev–Trinajstić information content (AvgIpc) is 3.93. The topological polar surface area (TPSA) is 44.4 Å². The Morgan fingerprint density at radius 2 is 1.29 bits per heavy atom. The normalized spacial score (nSPS) is 16.7. The van der Waals surface area contributed by atoms with Crippen LogP contribution in [-0.4, -0.2) is 29.3 Å². The summed E-state index contributed by atoms with van der Waals surface area (Å²) in [7, 11) is 1.96. The molecule has 2 unspecified atom stereocenters. The number of nitrogens with one attached hydrogen (secondary N) is 1. The third-order valence-corrected chi connectivity index (χ3v) is 12.5. The van der Waals surface area contributed by atoms with E-state index < -0.39 is 0 Å². The molecule has 0 radical (unpaired) electrons. The lowest BCUT2D eigenvalue weighted by atomic mass is 9.90. The fourth-order valence-electron chi connectivity index (χ4n) is 9.81. The van der Waals surface area contributed by atoms with Crippen LogP contribution < -0.4 is 10.2 Å². The van der Waals surface area contributed by atoms with Crippen LogP contribution in [0.1, 0.15) is 22.6 Å². The highest BCUT2D eigenvalue weighted by Gasteiger charge is 2.42. The van der Waals surface area contributed by atoms with Gasteiger partial charge in [0.2, 0.25) is 5.96 Å². The van der Waals surface area contributed by atoms with Crippen molar-refractivity contribution in [1.29, 1.82) is 0 Å². The van der Waals surface area contributed by atoms with Gasteiger partial charge in [0.1, 0.15) is 5.84 Å². The molecule has 0 amide bonds. The fourth-order valence-corrected chi connectivity index (χ4v) is 9.81. The Hall–Kier alpha value is -7.50. The summed E-state index contributed by atoms with van der Waals surface area (Å²) in [4.78, 5) is 13.6. The molecule has 1 aliphatic carbocycles. The Labute approximate surface area is 341 Å². The van der Waals surface area contributed by atoms with Crippen LogP contribution in [0.15, 0.2) is 198 Å². The second-order valence-electron chi connectivity index (χ2n) is 15.8. The van der Waals surface area contributed by atoms with Crippen molar-refractivity contribution in [3.8, 4) is 11.1 Å². The molecule has 2 aliphatic rings. The van der Waals surface area contributed by atoms with Crippen LogP contribution in [0.3, 0.4) is 0 Å². The van der Waals surface area contributed by atoms with E-state index in [4.69, 9.17) is 9.98 Å². The first-order chi connectivity index (χ1) is 29.2. The first-order valence-corrected chi connectivity index (χ1v) is 20.4. The van der Waals surface area contributed by atoms with Gasteiger partial charge in [0.05, 0.1) is 34.8 Å². The van der Waals surface area contributed by atoms with Gasteiger partial charge < -0.3 is 14.6 Å². The number of aromatic nitrogens is 1. The van der Waals surface area contributed by atoms with Gasteiger partial charge in [-0.15, -0.1) is 0 Å². The Kier molecular flexibility index (Phi) is 7.57. The minimum atomic E-state index is -0.00976. The number of aliphatic imine (C=N–C) groups is 2. The molecule has 280 valence electrons. The number of hydrogen-bond acceptors (Lipinski definition) is 1. The number of nitrogens with zero attached hydrogens (tertiary/aromatic N) is 4. The number of rotatable bonds is 4. The lowest BCUT2D eigenvalue weighted by molar-refractivity contribution is 0.750. The summed E-state index contributed by atoms with van der Waals surface area (Å²) in [6.07, 6.45) is 9.07. The third kappa shape index (κ3) is 5.24. The van der Waals surface area contributed by atoms with Gasteiger partial charge in [-0.2, -0.15) is 4.99 Å². The summed E-state index contributed by atoms with van der Waals surface area (Å²) in [5.74, 6) is 1.57. The van der Waals surface area contributed by atoms with Crippen molar-refractivity contribution in [2.24, 2.45) is 9.98 Å². The zero-order valence-electron chi connectivity index (χ0n) is 32.5. The molecule has 3 heterocycles. The van der Waals surface area contributed by atoms with Crippen molar-refractivity contribution in [2.75, 3.05) is 11.9 Å². The van der Waals surface area contributed by atoms with Crippen LogP contribution in [0.4, 0.5) is 5.69 Å². The molecule has 2 atom stereocenters. The smallest absolute Gasteiger partial charge is 0.228 e. The van der Waals surface area contributed by atoms with Crippen molar-refractivity contribution in [3.63, 3.8) is 0 Å². The number of amidine groups is 1. The molecule has 10 aromatic rings. The number of guanidine groups is 1. The Bertz CT molecular complexity index is 3420. The molecule has 12 rings (SSSR count). The van der Waals surface area contributed by atoms with Crippen LogP contribution in [-0.2, 0) is 6.54 Å². The van der Waals surface area contributed by atoms with Crippen LogP contribution in [0, 0.1) is 0 Å². The van der Waals surface area contributed by atoms with Crippen LogP contribution in [0.25, 0.3) is 70.8 Å². The van der Waals surface area contributed by atoms with E-state index in [2.05, 4.69) is 203 Å². The molecular formula is C54H39N5. The number of anilines is 1. The number of para-hydroxylation sites is 2. The minimum absolute atomic E-state index is 0.00976. The number of hydrogen-bond donors (Lipinski definition) is 1. The van der Waals surface area contributed by atoms with Crippen molar-refractivity contribution in [3.05, 3.63) is 205 Å². The van der Waals surface area contributed by atoms with E-state index in [1.807, 2.05) is 7.05 Å². The molecule has 0 fully saturated rings. The maximum absolute atomic E-state index is 5.59. The van der Waals surface area contributed by atoms with Gasteiger partial charge in [0.25, 0.3) is 0 Å². The molecule has 0 saturated carbocycles. The van der Waals surface area contributed by atoms with E-state index in [0.717, 1.165) is 17.0 Å². The summed E-state index contributed by atoms with van der Waals surface area (Å²) < 4.78 is 2.47. The zero-order chi connectivity index (χ0) is 39.0. The van der Waals surface area contributed by atoms with Crippen LogP contribution in [0.5, 0.6) is 0 Å². The predicted octanol–water partition coefficient (Wildman–Crippen LogP) is 12.4. The molecule has 5 nitrogen and oxygen atoms in total. The second kappa shape index (κ2) is 13.3. The highest BCUT2D eigenvalue weighted by atomic mass is 15.3. The molecule has 0 bridgehead atoms. The molecular weight excluding hydrogens is 719 g/mol. The molecule has 0 saturated heterocycles. The first-order valence-electron chi connectivity index (χ1n) is 20.4. The van der Waals surface area contributed by atoms with Gasteiger partial charge in [0, 0.05) is 40.1 Å². The molecule has 2 aromatic heterocycles. The third-order valence-electron chi connectivity index (χ3n) is 12.5. The maximum Gasteiger partial charge on any atom is 0.228 e. The van der Waals surface area contributed by atoms with Gasteiger partial charge in [-0.25, -0.2) is 4.99 Å². The van der Waals surface area contributed by atoms with E-state index in [1.165, 1.54) is 82.0 Å². The first kappa shape index (κ1) is 33.6. The van der Waals surface area contributed by atoms with Crippen molar-refractivity contribution < 1.29 is 0 Å². The van der Waals surface area contributed by atoms with Crippen LogP contribution >= 0.6 is 0 Å². The van der Waals surface area contributed by atoms with Crippen molar-refractivity contribution in [2.45, 2.75) is 18.5 Å². The molecule has 0 spiro atoms. The van der Waals surface area contributed by atoms with Crippen LogP contribution in [0.2, 0.25) is 0 Å². The molecule has 8 aromatic carbocycles. The lowest BCUT2D eigenvalue weighted by Gasteiger charge is -2.28. The van der Waals surface area contributed by atoms with E-state index in [-0.39, 0.29) is 12.0 Å². The van der Waals surface area contributed by atoms with Gasteiger partial charge in [0.15, 0.2) is 0 Å². The van der Waals surface area contributed by atoms with Crippen molar-refractivity contribution >= 4 is 77.1 Å². The fraction of sp³-hybridized carbons (Fsp3) is 0.0741. The lowest BCUT2D eigenvalue weighted by Crippen LogP contribution is -2.39. The van der Waals surface area contributed by atoms with Gasteiger partial charge in [-0.05, 0) is 86.3 Å². The number of fused-ring (bicyclic) bond motifs is 12. The van der Waals surface area contributed by atoms with E-state index in [0.29, 0.717) is 12.5 Å². The number of allylic oxidation sites excluding steroid dienone is 2. The molecule has 1 N–H and O–H groups in total. The Balaban J connectivity index is 1.10. The Morgan fingerprint density at radius 3 is 2.12 bits per heavy atom. The highest BCUT2D eigenvalue weighted by molar-refractivity contribution is 6.29. The van der Waals surface area contributed by atoms with Gasteiger partial charge in [-0.1, -0.05) is 146 Å². The molecule has 59 heavy (non-hydrogen) atoms. The standard InChI is InChI=1S/C54H39N5/c1-55-53(40-27-26-39-29-37-17-5-6-18-38(37)30-41(39)31-40)57-54(56-33-34-14-13-19-36(28-34)35-15-3-2-4-16-35)59-48-24-11-8-21-43(48)46-32-45-42-20-7-10-23-47(42)58-49-25-12-9-22-44(49)50(51(45)58)52(46)59/h2-32,43,48H,33H2,1H3,(H,55,56,57). The summed E-state index contributed by atoms with van der Waals surface area (Å²) in [6, 6.07) is 59.2. The second-order valence-corrected chi connectivity index (χ2v) is 15.8. The van der Waals surface area contributed by atoms with E-state index in [1.54, 1.807) is 0 Å². The predicted molar refractivity (Wildman–Crippen MR) is 248 cm³/mol. The quantitative estimate of drug-likeness (QED) is 0.110. The average molecular weight is 758 g/mol. The summed E-state index contributed by atoms with van der Waals surface area (Å²) in [6.45, 7) is 0.470. The molecule has 1 aliphatic heterocycles. The summed E-state index contributed by atoms with van der Waals surface area (Å²) in [5, 5.41) is 13.4. The summed E-state index contributed by atoms with van der Waals surface area (Å²) >= 11 is 0. The zero-order valence-corrected chi connectivity index (χ0v) is 32.5. The van der Waals surface area contributed by atoms with E-state index >= 15 is 0 Å². The summed E-state index contributed by atoms with van der Waals surface area (Å²) in [5.41, 5.74) is 10.7. The van der Waals surface area contributed by atoms with Crippen molar-refractivity contribution in [1.82, 2.24) is 9.72 Å².